The van der Waals surface area contributed by atoms with Crippen LogP contribution in [0.2, 0.25) is 0 Å². The van der Waals surface area contributed by atoms with Crippen molar-refractivity contribution in [2.24, 2.45) is 0 Å². The number of aliphatic carboxylic acids is 1. The van der Waals surface area contributed by atoms with E-state index >= 15 is 0 Å². The Morgan fingerprint density at radius 3 is 2.52 bits per heavy atom. The van der Waals surface area contributed by atoms with Crippen molar-refractivity contribution in [3.8, 4) is 0 Å². The fourth-order valence-corrected chi connectivity index (χ4v) is 5.94. The summed E-state index contributed by atoms with van der Waals surface area (Å²) in [5.74, 6) is -6.65. The molecule has 2 aliphatic heterocycles. The summed E-state index contributed by atoms with van der Waals surface area (Å²) in [6, 6.07) is -0.540. The maximum Gasteiger partial charge on any atom is 0.475 e. The van der Waals surface area contributed by atoms with Gasteiger partial charge in [0.25, 0.3) is 5.79 Å². The van der Waals surface area contributed by atoms with Crippen molar-refractivity contribution in [1.82, 2.24) is 20.2 Å². The van der Waals surface area contributed by atoms with Crippen molar-refractivity contribution >= 4 is 44.1 Å². The molecule has 1 aromatic rings. The first-order valence-corrected chi connectivity index (χ1v) is 16.4. The van der Waals surface area contributed by atoms with Crippen LogP contribution in [0, 0.1) is 0 Å². The molecule has 2 aliphatic rings. The van der Waals surface area contributed by atoms with Crippen molar-refractivity contribution in [1.29, 1.82) is 0 Å². The largest absolute Gasteiger partial charge is 0.477 e. The molecule has 11 atom stereocenters. The van der Waals surface area contributed by atoms with Gasteiger partial charge in [0.15, 0.2) is 6.23 Å². The summed E-state index contributed by atoms with van der Waals surface area (Å²) in [7, 11) is -5.60. The highest BCUT2D eigenvalue weighted by Gasteiger charge is 2.59. The van der Waals surface area contributed by atoms with Gasteiger partial charge in [0.1, 0.15) is 42.4 Å². The van der Waals surface area contributed by atoms with Gasteiger partial charge in [0, 0.05) is 19.0 Å². The average Bonchev–Trinajstić information content (AvgIpc) is 3.30. The van der Waals surface area contributed by atoms with Crippen LogP contribution in [0.4, 0.5) is 5.82 Å². The molecule has 272 valence electrons. The Morgan fingerprint density at radius 2 is 1.92 bits per heavy atom. The number of anilines is 1. The van der Waals surface area contributed by atoms with E-state index in [0.717, 1.165) is 10.8 Å². The summed E-state index contributed by atoms with van der Waals surface area (Å²) < 4.78 is 34.1. The zero-order chi connectivity index (χ0) is 36.0. The van der Waals surface area contributed by atoms with E-state index in [0.29, 0.717) is 12.2 Å². The summed E-state index contributed by atoms with van der Waals surface area (Å²) in [4.78, 5) is 62.8. The van der Waals surface area contributed by atoms with Gasteiger partial charge in [-0.05, 0) is 18.2 Å². The van der Waals surface area contributed by atoms with Crippen molar-refractivity contribution in [3.63, 3.8) is 0 Å². The highest BCUT2D eigenvalue weighted by atomic mass is 32.1. The number of hydrogen-bond donors (Lipinski definition) is 12. The second kappa shape index (κ2) is 16.8. The van der Waals surface area contributed by atoms with Gasteiger partial charge in [-0.15, -0.1) is 0 Å². The number of ether oxygens (including phenoxy) is 2. The first-order chi connectivity index (χ1) is 22.4. The van der Waals surface area contributed by atoms with Crippen molar-refractivity contribution in [3.05, 3.63) is 22.7 Å². The van der Waals surface area contributed by atoms with Crippen LogP contribution in [0.5, 0.6) is 0 Å². The van der Waals surface area contributed by atoms with Gasteiger partial charge in [-0.1, -0.05) is 0 Å². The molecule has 24 heteroatoms. The van der Waals surface area contributed by atoms with Crippen LogP contribution in [-0.2, 0) is 37.5 Å². The number of carbonyl (C=O) groups excluding carboxylic acids is 2. The zero-order valence-electron chi connectivity index (χ0n) is 24.9. The van der Waals surface area contributed by atoms with E-state index < -0.39 is 118 Å². The fraction of sp³-hybridized carbons (Fsp3) is 0.708. The molecule has 0 saturated carbocycles. The molecule has 1 aromatic heterocycles. The average molecular weight is 732 g/mol. The molecule has 2 saturated heterocycles. The van der Waals surface area contributed by atoms with E-state index in [1.165, 1.54) is 6.07 Å². The van der Waals surface area contributed by atoms with E-state index in [2.05, 4.69) is 28.2 Å². The van der Waals surface area contributed by atoms with Gasteiger partial charge in [0.2, 0.25) is 11.8 Å². The lowest BCUT2D eigenvalue weighted by molar-refractivity contribution is -0.289. The number of rotatable bonds is 16. The van der Waals surface area contributed by atoms with Crippen LogP contribution in [0.3, 0.4) is 0 Å². The number of nitrogen functional groups attached to an aromatic ring is 1. The van der Waals surface area contributed by atoms with Gasteiger partial charge in [-0.2, -0.15) is 17.6 Å². The number of aliphatic hydroxyl groups excluding tert-OH is 6. The van der Waals surface area contributed by atoms with Gasteiger partial charge in [0.05, 0.1) is 31.9 Å². The standard InChI is InChI=1S/C24H38N5O17PS/c25-13-3-4-29(23(40)27-13)21-19(37)18(36)12(44-21)9-43-47(41,42)46-24(22(38)39)6-10(31)16(20(45-24)17(35)11(32)8-30)28-15(34)7-26-14(33)2-1-5-48/h3-4,10-12,16-21,30-32,35-37,48H,1-2,5-9H2,(H,26,33)(H,28,34)(H,38,39)(H,41,42)(H2,25,27,40)/t10-,11-,12-,16-,17-,18?,19+,20?,21-,24-/m1/s1. The number of aliphatic hydroxyl groups is 6. The molecular formula is C24H38N5O17PS. The summed E-state index contributed by atoms with van der Waals surface area (Å²) in [5.41, 5.74) is 4.46. The molecule has 0 aromatic carbocycles. The molecule has 48 heavy (non-hydrogen) atoms. The zero-order valence-corrected chi connectivity index (χ0v) is 26.7. The van der Waals surface area contributed by atoms with E-state index in [1.807, 2.05) is 0 Å². The molecule has 2 fully saturated rings. The SMILES string of the molecule is Nc1ccn([C@@H]2O[C@H](COP(=O)(O)O[C@@]3(C(=O)O)C[C@@H](O)[C@@H](NC(=O)CNC(=O)CCCS)C([C@H](O)[C@H](O)CO)O3)C(O)[C@@H]2O)c(=O)n1. The van der Waals surface area contributed by atoms with Gasteiger partial charge in [-0.25, -0.2) is 18.7 Å². The minimum absolute atomic E-state index is 0.0465. The van der Waals surface area contributed by atoms with E-state index in [-0.39, 0.29) is 12.2 Å². The number of thiol groups is 1. The van der Waals surface area contributed by atoms with Crippen LogP contribution in [0.25, 0.3) is 0 Å². The molecule has 3 heterocycles. The minimum atomic E-state index is -5.60. The van der Waals surface area contributed by atoms with Crippen molar-refractivity contribution in [2.75, 3.05) is 31.2 Å². The predicted molar refractivity (Wildman–Crippen MR) is 159 cm³/mol. The Morgan fingerprint density at radius 1 is 1.23 bits per heavy atom. The highest BCUT2D eigenvalue weighted by molar-refractivity contribution is 7.80. The second-order valence-corrected chi connectivity index (χ2v) is 12.6. The monoisotopic (exact) mass is 731 g/mol. The summed E-state index contributed by atoms with van der Waals surface area (Å²) in [6.07, 6.45) is -14.8. The molecule has 3 rings (SSSR count). The van der Waals surface area contributed by atoms with Gasteiger partial charge < -0.3 is 66.5 Å². The van der Waals surface area contributed by atoms with Crippen LogP contribution < -0.4 is 22.1 Å². The number of hydrogen-bond acceptors (Lipinski definition) is 18. The maximum atomic E-state index is 13.0. The van der Waals surface area contributed by atoms with Crippen LogP contribution in [0.1, 0.15) is 25.5 Å². The number of carbonyl (C=O) groups is 3. The van der Waals surface area contributed by atoms with E-state index in [9.17, 15) is 64.4 Å². The Kier molecular flexibility index (Phi) is 13.8. The number of amides is 2. The molecule has 2 amide bonds. The second-order valence-electron chi connectivity index (χ2n) is 10.8. The van der Waals surface area contributed by atoms with Gasteiger partial charge in [-0.3, -0.25) is 18.7 Å². The summed E-state index contributed by atoms with van der Waals surface area (Å²) >= 11 is 3.97. The van der Waals surface area contributed by atoms with Crippen LogP contribution >= 0.6 is 20.5 Å². The van der Waals surface area contributed by atoms with E-state index in [4.69, 9.17) is 24.3 Å². The molecule has 22 nitrogen and oxygen atoms in total. The molecule has 0 bridgehead atoms. The number of carboxylic acid groups (broad SMARTS) is 1. The fourth-order valence-electron chi connectivity index (χ4n) is 4.83. The molecule has 0 aliphatic carbocycles. The Balaban J connectivity index is 1.76. The van der Waals surface area contributed by atoms with Crippen LogP contribution in [-0.4, -0.2) is 148 Å². The number of carboxylic acids is 1. The lowest BCUT2D eigenvalue weighted by Gasteiger charge is -2.46. The third-order valence-electron chi connectivity index (χ3n) is 7.28. The first-order valence-electron chi connectivity index (χ1n) is 14.2. The Hall–Kier alpha value is -2.77. The molecule has 0 spiro atoms. The number of phosphoric acid groups is 1. The minimum Gasteiger partial charge on any atom is -0.477 e. The number of aromatic nitrogens is 2. The van der Waals surface area contributed by atoms with Crippen molar-refractivity contribution < 1.29 is 78.1 Å². The third-order valence-corrected chi connectivity index (χ3v) is 8.60. The number of nitrogens with two attached hydrogens (primary N) is 1. The molecule has 0 radical (unpaired) electrons. The number of nitrogens with zero attached hydrogens (tertiary/aromatic N) is 2. The smallest absolute Gasteiger partial charge is 0.475 e. The first kappa shape index (κ1) is 39.7. The lowest BCUT2D eigenvalue weighted by atomic mass is 9.88. The summed E-state index contributed by atoms with van der Waals surface area (Å²) in [5, 5.41) is 76.2. The van der Waals surface area contributed by atoms with Crippen LogP contribution in [0.15, 0.2) is 17.1 Å². The molecule has 3 unspecified atom stereocenters. The molecular weight excluding hydrogens is 693 g/mol. The van der Waals surface area contributed by atoms with Crippen molar-refractivity contribution in [2.45, 2.75) is 80.0 Å². The van der Waals surface area contributed by atoms with Gasteiger partial charge >= 0.3 is 19.5 Å². The highest BCUT2D eigenvalue weighted by Crippen LogP contribution is 2.51. The number of nitrogens with one attached hydrogen (secondary N) is 2. The van der Waals surface area contributed by atoms with E-state index in [1.54, 1.807) is 0 Å². The Bertz CT molecular complexity index is 1410. The normalized spacial score (nSPS) is 31.4. The topological polar surface area (TPSA) is 352 Å². The summed E-state index contributed by atoms with van der Waals surface area (Å²) in [6.45, 7) is -2.80. The quantitative estimate of drug-likeness (QED) is 0.0557. The third kappa shape index (κ3) is 9.68. The lowest BCUT2D eigenvalue weighted by Crippen LogP contribution is -2.68. The predicted octanol–water partition coefficient (Wildman–Crippen LogP) is -5.47. The number of phosphoric ester groups is 1. The Labute approximate surface area is 276 Å². The maximum absolute atomic E-state index is 13.0. The molecule has 12 N–H and O–H groups in total.